The molecule has 0 aliphatic heterocycles. The Hall–Kier alpha value is -2.94. The Morgan fingerprint density at radius 1 is 0.970 bits per heavy atom. The first-order valence-corrected chi connectivity index (χ1v) is 11.2. The van der Waals surface area contributed by atoms with Gasteiger partial charge in [-0.05, 0) is 38.0 Å². The van der Waals surface area contributed by atoms with E-state index in [0.29, 0.717) is 4.99 Å². The molecule has 1 fully saturated rings. The second-order valence-corrected chi connectivity index (χ2v) is 8.57. The van der Waals surface area contributed by atoms with Crippen LogP contribution >= 0.6 is 12.2 Å². The molecule has 0 heterocycles. The summed E-state index contributed by atoms with van der Waals surface area (Å²) in [6.45, 7) is 1.67. The highest BCUT2D eigenvalue weighted by Crippen LogP contribution is 2.29. The zero-order valence-electron chi connectivity index (χ0n) is 18.2. The molecule has 1 aliphatic rings. The number of nitrogens with one attached hydrogen (secondary N) is 3. The van der Waals surface area contributed by atoms with Crippen molar-refractivity contribution in [1.29, 1.82) is 0 Å². The summed E-state index contributed by atoms with van der Waals surface area (Å²) in [5.74, 6) is -1.15. The molecule has 3 rings (SSSR count). The monoisotopic (exact) mass is 477 g/mol. The number of hydrogen-bond donors (Lipinski definition) is 3. The van der Waals surface area contributed by atoms with Crippen molar-refractivity contribution in [2.45, 2.75) is 50.9 Å². The van der Waals surface area contributed by atoms with Crippen LogP contribution < -0.4 is 16.0 Å². The Kier molecular flexibility index (Phi) is 8.07. The Labute approximate surface area is 196 Å². The molecule has 3 N–H and O–H groups in total. The first kappa shape index (κ1) is 24.7. The van der Waals surface area contributed by atoms with Crippen molar-refractivity contribution in [1.82, 2.24) is 16.0 Å². The molecule has 176 valence electrons. The quantitative estimate of drug-likeness (QED) is 0.547. The first-order chi connectivity index (χ1) is 15.6. The van der Waals surface area contributed by atoms with Crippen LogP contribution in [0.2, 0.25) is 0 Å². The molecular formula is C24H26F3N3O2S. The molecule has 0 saturated heterocycles. The predicted molar refractivity (Wildman–Crippen MR) is 124 cm³/mol. The van der Waals surface area contributed by atoms with Crippen LogP contribution in [-0.2, 0) is 11.0 Å². The maximum Gasteiger partial charge on any atom is 0.416 e. The Balaban J connectivity index is 1.54. The van der Waals surface area contributed by atoms with Crippen LogP contribution in [0.4, 0.5) is 13.2 Å². The largest absolute Gasteiger partial charge is 0.416 e. The fraction of sp³-hybridized carbons (Fsp3) is 0.375. The highest BCUT2D eigenvalue weighted by molar-refractivity contribution is 7.80. The molecule has 33 heavy (non-hydrogen) atoms. The van der Waals surface area contributed by atoms with Crippen LogP contribution in [0.25, 0.3) is 0 Å². The summed E-state index contributed by atoms with van der Waals surface area (Å²) in [6.07, 6.45) is -0.977. The van der Waals surface area contributed by atoms with E-state index in [1.807, 2.05) is 31.2 Å². The smallest absolute Gasteiger partial charge is 0.371 e. The molecule has 2 aromatic carbocycles. The summed E-state index contributed by atoms with van der Waals surface area (Å²) in [5, 5.41) is 8.65. The van der Waals surface area contributed by atoms with E-state index in [1.54, 1.807) is 0 Å². The van der Waals surface area contributed by atoms with Gasteiger partial charge in [0.2, 0.25) is 5.91 Å². The lowest BCUT2D eigenvalue weighted by molar-refractivity contribution is -0.137. The van der Waals surface area contributed by atoms with Gasteiger partial charge in [-0.15, -0.1) is 0 Å². The molecule has 5 nitrogen and oxygen atoms in total. The average Bonchev–Trinajstić information content (AvgIpc) is 2.78. The molecule has 2 amide bonds. The van der Waals surface area contributed by atoms with Gasteiger partial charge in [-0.25, -0.2) is 0 Å². The molecule has 0 spiro atoms. The molecule has 9 heteroatoms. The molecule has 0 aromatic heterocycles. The second kappa shape index (κ2) is 10.8. The zero-order valence-corrected chi connectivity index (χ0v) is 19.0. The molecule has 2 aromatic rings. The molecule has 1 saturated carbocycles. The van der Waals surface area contributed by atoms with Gasteiger partial charge in [0.1, 0.15) is 4.99 Å². The topological polar surface area (TPSA) is 70.2 Å². The fourth-order valence-electron chi connectivity index (χ4n) is 3.79. The van der Waals surface area contributed by atoms with Crippen LogP contribution in [0.3, 0.4) is 0 Å². The third-order valence-corrected chi connectivity index (χ3v) is 5.96. The number of alkyl halides is 3. The van der Waals surface area contributed by atoms with E-state index in [1.165, 1.54) is 6.07 Å². The summed E-state index contributed by atoms with van der Waals surface area (Å²) in [5.41, 5.74) is 0.967. The van der Waals surface area contributed by atoms with Gasteiger partial charge in [-0.1, -0.05) is 61.0 Å². The lowest BCUT2D eigenvalue weighted by atomic mass is 9.90. The highest BCUT2D eigenvalue weighted by Gasteiger charge is 2.31. The lowest BCUT2D eigenvalue weighted by Crippen LogP contribution is -2.54. The van der Waals surface area contributed by atoms with Crippen molar-refractivity contribution < 1.29 is 22.8 Å². The van der Waals surface area contributed by atoms with E-state index in [-0.39, 0.29) is 24.2 Å². The number of aryl methyl sites for hydroxylation is 1. The molecular weight excluding hydrogens is 451 g/mol. The van der Waals surface area contributed by atoms with Gasteiger partial charge in [0, 0.05) is 23.2 Å². The summed E-state index contributed by atoms with van der Waals surface area (Å²) in [4.78, 5) is 25.3. The number of carbonyl (C=O) groups is 2. The standard InChI is InChI=1S/C24H26F3N3O2S/c1-15-9-11-16(12-10-15)23(33)30-20-8-3-2-7-19(20)29-21(31)14-28-22(32)17-5-4-6-18(13-17)24(25,26)27/h4-6,9-13,19-20H,2-3,7-8,14H2,1H3,(H,28,32)(H,29,31)(H,30,33)/t19-,20+/m0/s1. The first-order valence-electron chi connectivity index (χ1n) is 10.8. The summed E-state index contributed by atoms with van der Waals surface area (Å²) < 4.78 is 38.5. The van der Waals surface area contributed by atoms with Crippen LogP contribution in [0.1, 0.15) is 52.7 Å². The van der Waals surface area contributed by atoms with E-state index in [0.717, 1.165) is 55.0 Å². The Bertz CT molecular complexity index is 1010. The number of rotatable bonds is 6. The number of halogens is 3. The molecule has 0 bridgehead atoms. The van der Waals surface area contributed by atoms with Gasteiger partial charge in [0.05, 0.1) is 12.1 Å². The van der Waals surface area contributed by atoms with Gasteiger partial charge < -0.3 is 16.0 Å². The average molecular weight is 478 g/mol. The minimum atomic E-state index is -4.55. The minimum absolute atomic E-state index is 0.0457. The summed E-state index contributed by atoms with van der Waals surface area (Å²) >= 11 is 5.53. The fourth-order valence-corrected chi connectivity index (χ4v) is 4.08. The van der Waals surface area contributed by atoms with Gasteiger partial charge >= 0.3 is 6.18 Å². The van der Waals surface area contributed by atoms with Crippen LogP contribution in [0.15, 0.2) is 48.5 Å². The van der Waals surface area contributed by atoms with Gasteiger partial charge in [-0.3, -0.25) is 9.59 Å². The van der Waals surface area contributed by atoms with E-state index < -0.39 is 23.6 Å². The van der Waals surface area contributed by atoms with Crippen molar-refractivity contribution in [2.24, 2.45) is 0 Å². The second-order valence-electron chi connectivity index (χ2n) is 8.17. The lowest BCUT2D eigenvalue weighted by Gasteiger charge is -2.33. The number of thiocarbonyl (C=S) groups is 1. The Morgan fingerprint density at radius 3 is 2.24 bits per heavy atom. The SMILES string of the molecule is Cc1ccc(C(=S)N[C@@H]2CCCC[C@@H]2NC(=O)CNC(=O)c2cccc(C(F)(F)F)c2)cc1. The number of amides is 2. The normalized spacial score (nSPS) is 18.3. The zero-order chi connectivity index (χ0) is 24.0. The minimum Gasteiger partial charge on any atom is -0.371 e. The predicted octanol–water partition coefficient (Wildman–Crippen LogP) is 4.14. The third kappa shape index (κ3) is 7.02. The van der Waals surface area contributed by atoms with Crippen molar-refractivity contribution in [2.75, 3.05) is 6.54 Å². The summed E-state index contributed by atoms with van der Waals surface area (Å²) in [7, 11) is 0. The van der Waals surface area contributed by atoms with E-state index in [2.05, 4.69) is 16.0 Å². The van der Waals surface area contributed by atoms with Gasteiger partial charge in [0.15, 0.2) is 0 Å². The van der Waals surface area contributed by atoms with Crippen molar-refractivity contribution in [3.05, 3.63) is 70.8 Å². The number of benzene rings is 2. The van der Waals surface area contributed by atoms with Crippen molar-refractivity contribution in [3.63, 3.8) is 0 Å². The van der Waals surface area contributed by atoms with E-state index >= 15 is 0 Å². The maximum absolute atomic E-state index is 12.8. The van der Waals surface area contributed by atoms with Gasteiger partial charge in [-0.2, -0.15) is 13.2 Å². The van der Waals surface area contributed by atoms with Crippen LogP contribution in [-0.4, -0.2) is 35.4 Å². The van der Waals surface area contributed by atoms with Crippen LogP contribution in [0, 0.1) is 6.92 Å². The molecule has 0 unspecified atom stereocenters. The van der Waals surface area contributed by atoms with Gasteiger partial charge in [0.25, 0.3) is 5.91 Å². The van der Waals surface area contributed by atoms with E-state index in [9.17, 15) is 22.8 Å². The number of carbonyl (C=O) groups excluding carboxylic acids is 2. The van der Waals surface area contributed by atoms with E-state index in [4.69, 9.17) is 12.2 Å². The maximum atomic E-state index is 12.8. The highest BCUT2D eigenvalue weighted by atomic mass is 32.1. The molecule has 1 aliphatic carbocycles. The molecule has 0 radical (unpaired) electrons. The number of hydrogen-bond acceptors (Lipinski definition) is 3. The Morgan fingerprint density at radius 2 is 1.61 bits per heavy atom. The van der Waals surface area contributed by atoms with Crippen LogP contribution in [0.5, 0.6) is 0 Å². The van der Waals surface area contributed by atoms with Crippen molar-refractivity contribution in [3.8, 4) is 0 Å². The summed E-state index contributed by atoms with van der Waals surface area (Å²) in [6, 6.07) is 11.7. The molecule has 2 atom stereocenters. The third-order valence-electron chi connectivity index (χ3n) is 5.60. The van der Waals surface area contributed by atoms with Crippen molar-refractivity contribution >= 4 is 29.0 Å².